The van der Waals surface area contributed by atoms with Crippen LogP contribution in [0, 0.1) is 0 Å². The topological polar surface area (TPSA) is 66.8 Å². The molecule has 0 radical (unpaired) electrons. The Morgan fingerprint density at radius 1 is 1.73 bits per heavy atom. The lowest BCUT2D eigenvalue weighted by atomic mass is 10.7. The Morgan fingerprint density at radius 2 is 2.18 bits per heavy atom. The highest BCUT2D eigenvalue weighted by Crippen LogP contribution is 1.66. The van der Waals surface area contributed by atoms with Crippen LogP contribution in [0.3, 0.4) is 0 Å². The second-order valence-corrected chi connectivity index (χ2v) is 1.46. The van der Waals surface area contributed by atoms with Gasteiger partial charge in [0.1, 0.15) is 0 Å². The Balaban J connectivity index is 0. The molecule has 0 saturated heterocycles. The van der Waals surface area contributed by atoms with Crippen LogP contribution in [0.4, 0.5) is 0 Å². The van der Waals surface area contributed by atoms with Crippen molar-refractivity contribution in [3.63, 3.8) is 0 Å². The molecule has 0 aliphatic carbocycles. The fraction of sp³-hybridized carbons (Fsp3) is 0.571. The molecule has 0 unspecified atom stereocenters. The molecule has 66 valence electrons. The van der Waals surface area contributed by atoms with Crippen molar-refractivity contribution in [3.05, 3.63) is 12.7 Å². The molecule has 0 heterocycles. The summed E-state index contributed by atoms with van der Waals surface area (Å²) in [6.45, 7) is 6.16. The lowest BCUT2D eigenvalue weighted by Gasteiger charge is -1.91. The molecule has 0 aromatic heterocycles. The first-order valence-corrected chi connectivity index (χ1v) is 3.23. The largest absolute Gasteiger partial charge is 0.478 e. The number of hydrogen-bond donors (Lipinski definition) is 2. The van der Waals surface area contributed by atoms with Crippen molar-refractivity contribution in [3.8, 4) is 0 Å². The average Bonchev–Trinajstić information content (AvgIpc) is 2.02. The number of carbonyl (C=O) groups is 1. The molecule has 0 atom stereocenters. The van der Waals surface area contributed by atoms with Gasteiger partial charge in [0.15, 0.2) is 0 Å². The maximum Gasteiger partial charge on any atom is 0.327 e. The van der Waals surface area contributed by atoms with E-state index in [4.69, 9.17) is 14.9 Å². The number of aliphatic hydroxyl groups excluding tert-OH is 1. The molecule has 4 heteroatoms. The van der Waals surface area contributed by atoms with Crippen molar-refractivity contribution in [1.82, 2.24) is 0 Å². The number of carboxylic acids is 1. The number of aliphatic carboxylic acids is 1. The molecule has 0 aromatic carbocycles. The maximum atomic E-state index is 9.25. The predicted molar refractivity (Wildman–Crippen MR) is 41.4 cm³/mol. The van der Waals surface area contributed by atoms with Gasteiger partial charge in [-0.25, -0.2) is 4.79 Å². The van der Waals surface area contributed by atoms with Crippen LogP contribution in [-0.4, -0.2) is 36.0 Å². The van der Waals surface area contributed by atoms with E-state index in [1.807, 2.05) is 6.92 Å². The SMILES string of the molecule is C=CC(=O)O.CCOCCO. The van der Waals surface area contributed by atoms with E-state index in [1.165, 1.54) is 0 Å². The van der Waals surface area contributed by atoms with Crippen LogP contribution in [0.25, 0.3) is 0 Å². The summed E-state index contributed by atoms with van der Waals surface area (Å²) in [5.41, 5.74) is 0. The summed E-state index contributed by atoms with van der Waals surface area (Å²) in [4.78, 5) is 9.25. The molecule has 4 nitrogen and oxygen atoms in total. The molecule has 0 aromatic rings. The van der Waals surface area contributed by atoms with E-state index in [0.29, 0.717) is 13.2 Å². The summed E-state index contributed by atoms with van der Waals surface area (Å²) in [6.07, 6.45) is 0.833. The third kappa shape index (κ3) is 27.2. The van der Waals surface area contributed by atoms with Crippen LogP contribution in [0.2, 0.25) is 0 Å². The van der Waals surface area contributed by atoms with Gasteiger partial charge < -0.3 is 14.9 Å². The van der Waals surface area contributed by atoms with Crippen molar-refractivity contribution >= 4 is 5.97 Å². The highest BCUT2D eigenvalue weighted by molar-refractivity contribution is 5.78. The smallest absolute Gasteiger partial charge is 0.327 e. The van der Waals surface area contributed by atoms with Gasteiger partial charge in [-0.1, -0.05) is 6.58 Å². The van der Waals surface area contributed by atoms with Gasteiger partial charge in [0.05, 0.1) is 13.2 Å². The van der Waals surface area contributed by atoms with Gasteiger partial charge in [-0.2, -0.15) is 0 Å². The minimum absolute atomic E-state index is 0.133. The van der Waals surface area contributed by atoms with Crippen molar-refractivity contribution in [2.45, 2.75) is 6.92 Å². The highest BCUT2D eigenvalue weighted by atomic mass is 16.5. The van der Waals surface area contributed by atoms with E-state index in [0.717, 1.165) is 6.08 Å². The molecule has 2 N–H and O–H groups in total. The molecular formula is C7H14O4. The molecule has 0 rings (SSSR count). The van der Waals surface area contributed by atoms with Crippen LogP contribution in [-0.2, 0) is 9.53 Å². The molecule has 0 bridgehead atoms. The van der Waals surface area contributed by atoms with Crippen molar-refractivity contribution in [2.24, 2.45) is 0 Å². The average molecular weight is 162 g/mol. The summed E-state index contributed by atoms with van der Waals surface area (Å²) in [7, 11) is 0. The first-order valence-electron chi connectivity index (χ1n) is 3.23. The van der Waals surface area contributed by atoms with E-state index < -0.39 is 5.97 Å². The third-order valence-corrected chi connectivity index (χ3v) is 0.614. The minimum Gasteiger partial charge on any atom is -0.478 e. The van der Waals surface area contributed by atoms with Crippen molar-refractivity contribution < 1.29 is 19.7 Å². The highest BCUT2D eigenvalue weighted by Gasteiger charge is 1.74. The number of ether oxygens (including phenoxy) is 1. The molecule has 0 aliphatic rings. The molecular weight excluding hydrogens is 148 g/mol. The second-order valence-electron chi connectivity index (χ2n) is 1.46. The number of rotatable bonds is 4. The summed E-state index contributed by atoms with van der Waals surface area (Å²) >= 11 is 0. The normalized spacial score (nSPS) is 7.82. The summed E-state index contributed by atoms with van der Waals surface area (Å²) in [5, 5.41) is 15.7. The van der Waals surface area contributed by atoms with E-state index >= 15 is 0 Å². The Kier molecular flexibility index (Phi) is 13.8. The van der Waals surface area contributed by atoms with Crippen LogP contribution in [0.5, 0.6) is 0 Å². The van der Waals surface area contributed by atoms with Gasteiger partial charge in [-0.3, -0.25) is 0 Å². The summed E-state index contributed by atoms with van der Waals surface area (Å²) < 4.78 is 4.73. The van der Waals surface area contributed by atoms with E-state index in [9.17, 15) is 4.79 Å². The molecule has 0 saturated carbocycles. The van der Waals surface area contributed by atoms with E-state index in [-0.39, 0.29) is 6.61 Å². The van der Waals surface area contributed by atoms with Gasteiger partial charge in [0.25, 0.3) is 0 Å². The van der Waals surface area contributed by atoms with Crippen LogP contribution in [0.15, 0.2) is 12.7 Å². The molecule has 11 heavy (non-hydrogen) atoms. The van der Waals surface area contributed by atoms with Crippen LogP contribution < -0.4 is 0 Å². The first kappa shape index (κ1) is 12.8. The molecule has 0 fully saturated rings. The van der Waals surface area contributed by atoms with E-state index in [1.54, 1.807) is 0 Å². The van der Waals surface area contributed by atoms with Crippen LogP contribution >= 0.6 is 0 Å². The van der Waals surface area contributed by atoms with Crippen molar-refractivity contribution in [2.75, 3.05) is 19.8 Å². The zero-order valence-corrected chi connectivity index (χ0v) is 6.62. The van der Waals surface area contributed by atoms with Gasteiger partial charge in [0, 0.05) is 12.7 Å². The van der Waals surface area contributed by atoms with Gasteiger partial charge in [-0.05, 0) is 6.92 Å². The molecule has 0 amide bonds. The lowest BCUT2D eigenvalue weighted by molar-refractivity contribution is -0.131. The first-order chi connectivity index (χ1) is 5.18. The lowest BCUT2D eigenvalue weighted by Crippen LogP contribution is -1.96. The second kappa shape index (κ2) is 11.9. The summed E-state index contributed by atoms with van der Waals surface area (Å²) in [6, 6.07) is 0. The fourth-order valence-corrected chi connectivity index (χ4v) is 0.209. The van der Waals surface area contributed by atoms with Gasteiger partial charge in [0.2, 0.25) is 0 Å². The predicted octanol–water partition coefficient (Wildman–Crippen LogP) is 0.272. The number of hydrogen-bond acceptors (Lipinski definition) is 3. The van der Waals surface area contributed by atoms with Gasteiger partial charge >= 0.3 is 5.97 Å². The number of carboxylic acid groups (broad SMARTS) is 1. The summed E-state index contributed by atoms with van der Waals surface area (Å²) in [5.74, 6) is -0.981. The van der Waals surface area contributed by atoms with Crippen molar-refractivity contribution in [1.29, 1.82) is 0 Å². The minimum atomic E-state index is -0.981. The Bertz CT molecular complexity index is 96.6. The Morgan fingerprint density at radius 3 is 2.27 bits per heavy atom. The standard InChI is InChI=1S/C4H10O2.C3H4O2/c1-2-6-4-3-5;1-2-3(4)5/h5H,2-4H2,1H3;2H,1H2,(H,4,5). The molecule has 0 spiro atoms. The van der Waals surface area contributed by atoms with Gasteiger partial charge in [-0.15, -0.1) is 0 Å². The quantitative estimate of drug-likeness (QED) is 0.460. The van der Waals surface area contributed by atoms with Crippen LogP contribution in [0.1, 0.15) is 6.92 Å². The maximum absolute atomic E-state index is 9.25. The zero-order valence-electron chi connectivity index (χ0n) is 6.62. The van der Waals surface area contributed by atoms with E-state index in [2.05, 4.69) is 6.58 Å². The Labute approximate surface area is 66.1 Å². The molecule has 0 aliphatic heterocycles. The Hall–Kier alpha value is -0.870. The third-order valence-electron chi connectivity index (χ3n) is 0.614. The fourth-order valence-electron chi connectivity index (χ4n) is 0.209. The number of aliphatic hydroxyl groups is 1. The monoisotopic (exact) mass is 162 g/mol. The zero-order chi connectivity index (χ0) is 9.11.